The van der Waals surface area contributed by atoms with Gasteiger partial charge in [0.15, 0.2) is 5.13 Å². The van der Waals surface area contributed by atoms with E-state index in [1.165, 1.54) is 19.4 Å². The van der Waals surface area contributed by atoms with Crippen molar-refractivity contribution in [2.45, 2.75) is 32.1 Å². The molecule has 0 spiro atoms. The van der Waals surface area contributed by atoms with Gasteiger partial charge in [-0.3, -0.25) is 4.90 Å². The summed E-state index contributed by atoms with van der Waals surface area (Å²) in [5.74, 6) is 0. The summed E-state index contributed by atoms with van der Waals surface area (Å²) in [6.45, 7) is 5.05. The topological polar surface area (TPSA) is 48.8 Å². The van der Waals surface area contributed by atoms with Crippen LogP contribution >= 0.6 is 11.3 Å². The van der Waals surface area contributed by atoms with Crippen molar-refractivity contribution in [3.63, 3.8) is 0 Å². The highest BCUT2D eigenvalue weighted by molar-refractivity contribution is 7.15. The van der Waals surface area contributed by atoms with Crippen LogP contribution < -0.4 is 4.90 Å². The van der Waals surface area contributed by atoms with Crippen molar-refractivity contribution in [3.8, 4) is 0 Å². The summed E-state index contributed by atoms with van der Waals surface area (Å²) in [6, 6.07) is 0.695. The summed E-state index contributed by atoms with van der Waals surface area (Å²) in [7, 11) is 1.66. The van der Waals surface area contributed by atoms with E-state index in [1.54, 1.807) is 18.4 Å². The van der Waals surface area contributed by atoms with Crippen LogP contribution in [-0.4, -0.2) is 54.3 Å². The number of aromatic nitrogens is 1. The fourth-order valence-electron chi connectivity index (χ4n) is 3.04. The summed E-state index contributed by atoms with van der Waals surface area (Å²) >= 11 is 1.61. The molecule has 3 rings (SSSR count). The average Bonchev–Trinajstić information content (AvgIpc) is 3.04. The predicted octanol–water partition coefficient (Wildman–Crippen LogP) is 1.07. The molecule has 106 valence electrons. The molecule has 1 aromatic heterocycles. The molecule has 3 heterocycles. The highest BCUT2D eigenvalue weighted by Gasteiger charge is 2.31. The third kappa shape index (κ3) is 2.63. The summed E-state index contributed by atoms with van der Waals surface area (Å²) < 4.78 is 5.15. The van der Waals surface area contributed by atoms with E-state index in [1.807, 2.05) is 0 Å². The van der Waals surface area contributed by atoms with Crippen LogP contribution in [0.1, 0.15) is 23.4 Å². The zero-order chi connectivity index (χ0) is 13.2. The maximum absolute atomic E-state index is 9.40. The first-order valence-corrected chi connectivity index (χ1v) is 7.71. The molecule has 2 fully saturated rings. The highest BCUT2D eigenvalue weighted by atomic mass is 32.1. The number of ether oxygens (including phenoxy) is 1. The van der Waals surface area contributed by atoms with E-state index in [2.05, 4.69) is 14.8 Å². The fraction of sp³-hybridized carbons (Fsp3) is 0.769. The molecule has 0 bridgehead atoms. The van der Waals surface area contributed by atoms with Crippen molar-refractivity contribution in [2.24, 2.45) is 0 Å². The number of hydrogen-bond acceptors (Lipinski definition) is 6. The van der Waals surface area contributed by atoms with E-state index < -0.39 is 0 Å². The number of hydrogen-bond donors (Lipinski definition) is 1. The van der Waals surface area contributed by atoms with Crippen molar-refractivity contribution in [1.82, 2.24) is 9.88 Å². The maximum Gasteiger partial charge on any atom is 0.186 e. The maximum atomic E-state index is 9.40. The number of aliphatic hydroxyl groups is 1. The van der Waals surface area contributed by atoms with Gasteiger partial charge < -0.3 is 14.7 Å². The van der Waals surface area contributed by atoms with Crippen LogP contribution in [0.4, 0.5) is 5.13 Å². The molecule has 0 aromatic carbocycles. The quantitative estimate of drug-likeness (QED) is 0.895. The summed E-state index contributed by atoms with van der Waals surface area (Å²) in [5, 5.41) is 10.4. The van der Waals surface area contributed by atoms with Gasteiger partial charge in [-0.1, -0.05) is 11.3 Å². The van der Waals surface area contributed by atoms with Crippen LogP contribution in [0, 0.1) is 0 Å². The molecule has 19 heavy (non-hydrogen) atoms. The Kier molecular flexibility index (Phi) is 4.02. The molecule has 0 radical (unpaired) electrons. The Morgan fingerprint density at radius 3 is 3.11 bits per heavy atom. The minimum atomic E-state index is 0.0553. The smallest absolute Gasteiger partial charge is 0.186 e. The molecule has 2 aliphatic rings. The molecule has 2 saturated heterocycles. The molecule has 6 heteroatoms. The predicted molar refractivity (Wildman–Crippen MR) is 75.6 cm³/mol. The first-order chi connectivity index (χ1) is 9.31. The zero-order valence-corrected chi connectivity index (χ0v) is 12.2. The van der Waals surface area contributed by atoms with Crippen molar-refractivity contribution < 1.29 is 9.84 Å². The van der Waals surface area contributed by atoms with Gasteiger partial charge in [-0.15, -0.1) is 0 Å². The Hall–Kier alpha value is -0.690. The van der Waals surface area contributed by atoms with E-state index in [9.17, 15) is 5.11 Å². The molecule has 0 aliphatic carbocycles. The van der Waals surface area contributed by atoms with Gasteiger partial charge in [0.25, 0.3) is 0 Å². The highest BCUT2D eigenvalue weighted by Crippen LogP contribution is 2.30. The summed E-state index contributed by atoms with van der Waals surface area (Å²) in [5.41, 5.74) is 0.888. The van der Waals surface area contributed by atoms with Crippen LogP contribution in [0.2, 0.25) is 0 Å². The molecule has 0 saturated carbocycles. The van der Waals surface area contributed by atoms with Crippen molar-refractivity contribution in [3.05, 3.63) is 10.6 Å². The minimum absolute atomic E-state index is 0.0553. The van der Waals surface area contributed by atoms with Crippen molar-refractivity contribution in [1.29, 1.82) is 0 Å². The third-order valence-electron chi connectivity index (χ3n) is 4.05. The van der Waals surface area contributed by atoms with Gasteiger partial charge in [-0.2, -0.15) is 0 Å². The fourth-order valence-corrected chi connectivity index (χ4v) is 4.00. The summed E-state index contributed by atoms with van der Waals surface area (Å²) in [4.78, 5) is 10.5. The van der Waals surface area contributed by atoms with Crippen LogP contribution in [-0.2, 0) is 18.0 Å². The minimum Gasteiger partial charge on any atom is -0.391 e. The number of anilines is 1. The van der Waals surface area contributed by atoms with Gasteiger partial charge in [0, 0.05) is 32.8 Å². The van der Waals surface area contributed by atoms with Crippen molar-refractivity contribution in [2.75, 3.05) is 38.2 Å². The number of aliphatic hydroxyl groups excluding tert-OH is 1. The molecule has 1 aromatic rings. The number of fused-ring (bicyclic) bond motifs is 1. The first-order valence-electron chi connectivity index (χ1n) is 6.89. The number of piperazine rings is 1. The SMILES string of the molecule is COCc1nc(N2CCN3CCCC3C2)sc1CO. The molecular weight excluding hydrogens is 262 g/mol. The lowest BCUT2D eigenvalue weighted by molar-refractivity contribution is 0.178. The lowest BCUT2D eigenvalue weighted by Gasteiger charge is -2.37. The van der Waals surface area contributed by atoms with Gasteiger partial charge in [0.05, 0.1) is 23.8 Å². The van der Waals surface area contributed by atoms with Gasteiger partial charge in [-0.05, 0) is 19.4 Å². The number of methoxy groups -OCH3 is 1. The number of nitrogens with zero attached hydrogens (tertiary/aromatic N) is 3. The summed E-state index contributed by atoms with van der Waals surface area (Å²) in [6.07, 6.45) is 2.63. The van der Waals surface area contributed by atoms with Crippen LogP contribution in [0.25, 0.3) is 0 Å². The second-order valence-electron chi connectivity index (χ2n) is 5.24. The van der Waals surface area contributed by atoms with E-state index in [0.29, 0.717) is 12.6 Å². The molecule has 2 aliphatic heterocycles. The molecular formula is C13H21N3O2S. The first kappa shape index (κ1) is 13.3. The van der Waals surface area contributed by atoms with E-state index >= 15 is 0 Å². The molecule has 5 nitrogen and oxygen atoms in total. The Labute approximate surface area is 117 Å². The monoisotopic (exact) mass is 283 g/mol. The average molecular weight is 283 g/mol. The van der Waals surface area contributed by atoms with Gasteiger partial charge in [0.1, 0.15) is 0 Å². The molecule has 1 atom stereocenters. The van der Waals surface area contributed by atoms with Crippen LogP contribution in [0.5, 0.6) is 0 Å². The van der Waals surface area contributed by atoms with E-state index in [0.717, 1.165) is 35.3 Å². The standard InChI is InChI=1S/C13H21N3O2S/c1-18-9-11-12(8-17)19-13(14-11)16-6-5-15-4-2-3-10(15)7-16/h10,17H,2-9H2,1H3. The lowest BCUT2D eigenvalue weighted by atomic mass is 10.2. The van der Waals surface area contributed by atoms with Gasteiger partial charge in [-0.25, -0.2) is 4.98 Å². The van der Waals surface area contributed by atoms with Gasteiger partial charge >= 0.3 is 0 Å². The van der Waals surface area contributed by atoms with Crippen LogP contribution in [0.3, 0.4) is 0 Å². The second kappa shape index (κ2) is 5.75. The second-order valence-corrected chi connectivity index (χ2v) is 6.30. The Morgan fingerprint density at radius 1 is 1.42 bits per heavy atom. The van der Waals surface area contributed by atoms with Crippen molar-refractivity contribution >= 4 is 16.5 Å². The molecule has 1 unspecified atom stereocenters. The Morgan fingerprint density at radius 2 is 2.32 bits per heavy atom. The molecule has 1 N–H and O–H groups in total. The zero-order valence-electron chi connectivity index (χ0n) is 11.3. The van der Waals surface area contributed by atoms with E-state index in [-0.39, 0.29) is 6.61 Å². The normalized spacial score (nSPS) is 23.9. The van der Waals surface area contributed by atoms with Crippen LogP contribution in [0.15, 0.2) is 0 Å². The largest absolute Gasteiger partial charge is 0.391 e. The van der Waals surface area contributed by atoms with Gasteiger partial charge in [0.2, 0.25) is 0 Å². The number of thiazole rings is 1. The molecule has 0 amide bonds. The Balaban J connectivity index is 1.74. The third-order valence-corrected chi connectivity index (χ3v) is 5.19. The number of rotatable bonds is 4. The Bertz CT molecular complexity index is 438. The van der Waals surface area contributed by atoms with E-state index in [4.69, 9.17) is 4.74 Å². The lowest BCUT2D eigenvalue weighted by Crippen LogP contribution is -2.50.